The van der Waals surface area contributed by atoms with E-state index < -0.39 is 0 Å². The zero-order chi connectivity index (χ0) is 11.4. The number of hydrazone groups is 1. The van der Waals surface area contributed by atoms with Crippen LogP contribution in [0.5, 0.6) is 11.5 Å². The van der Waals surface area contributed by atoms with Crippen molar-refractivity contribution in [3.05, 3.63) is 23.8 Å². The molecule has 1 heterocycles. The summed E-state index contributed by atoms with van der Waals surface area (Å²) in [4.78, 5) is 0. The summed E-state index contributed by atoms with van der Waals surface area (Å²) in [7, 11) is 0. The Hall–Kier alpha value is -1.75. The van der Waals surface area contributed by atoms with E-state index in [9.17, 15) is 5.11 Å². The molecule has 0 amide bonds. The van der Waals surface area contributed by atoms with E-state index in [4.69, 9.17) is 9.84 Å². The lowest BCUT2D eigenvalue weighted by atomic mass is 10.2. The molecule has 0 unspecified atom stereocenters. The maximum Gasteiger partial charge on any atom is 0.128 e. The van der Waals surface area contributed by atoms with Gasteiger partial charge < -0.3 is 14.9 Å². The van der Waals surface area contributed by atoms with Crippen LogP contribution in [0.2, 0.25) is 0 Å². The number of phenols is 2. The van der Waals surface area contributed by atoms with E-state index in [1.54, 1.807) is 12.3 Å². The van der Waals surface area contributed by atoms with Gasteiger partial charge in [-0.1, -0.05) is 0 Å². The molecule has 0 aromatic heterocycles. The number of rotatable bonds is 2. The van der Waals surface area contributed by atoms with Crippen molar-refractivity contribution in [2.75, 3.05) is 26.3 Å². The van der Waals surface area contributed by atoms with Gasteiger partial charge in [0.2, 0.25) is 0 Å². The van der Waals surface area contributed by atoms with Crippen molar-refractivity contribution in [2.24, 2.45) is 5.10 Å². The third-order valence-electron chi connectivity index (χ3n) is 2.36. The molecule has 5 heteroatoms. The van der Waals surface area contributed by atoms with Crippen molar-refractivity contribution in [3.63, 3.8) is 0 Å². The van der Waals surface area contributed by atoms with Crippen LogP contribution in [0.3, 0.4) is 0 Å². The zero-order valence-electron chi connectivity index (χ0n) is 8.83. The number of hydrogen-bond acceptors (Lipinski definition) is 5. The van der Waals surface area contributed by atoms with Crippen molar-refractivity contribution < 1.29 is 14.9 Å². The molecule has 1 fully saturated rings. The quantitative estimate of drug-likeness (QED) is 0.725. The van der Waals surface area contributed by atoms with Gasteiger partial charge in [0.1, 0.15) is 11.5 Å². The third-order valence-corrected chi connectivity index (χ3v) is 2.36. The highest BCUT2D eigenvalue weighted by atomic mass is 16.5. The Morgan fingerprint density at radius 1 is 1.25 bits per heavy atom. The molecular formula is C11H14N2O3. The first-order valence-electron chi connectivity index (χ1n) is 5.14. The second-order valence-corrected chi connectivity index (χ2v) is 3.55. The Kier molecular flexibility index (Phi) is 3.26. The highest BCUT2D eigenvalue weighted by molar-refractivity contribution is 5.83. The number of ether oxygens (including phenoxy) is 1. The first-order chi connectivity index (χ1) is 7.75. The number of phenolic OH excluding ortho intramolecular Hbond substituents is 2. The molecule has 0 aliphatic carbocycles. The molecule has 0 saturated carbocycles. The van der Waals surface area contributed by atoms with Gasteiger partial charge in [-0.25, -0.2) is 0 Å². The minimum absolute atomic E-state index is 0.0250. The van der Waals surface area contributed by atoms with Gasteiger partial charge in [0.15, 0.2) is 0 Å². The van der Waals surface area contributed by atoms with Gasteiger partial charge >= 0.3 is 0 Å². The van der Waals surface area contributed by atoms with Crippen LogP contribution < -0.4 is 0 Å². The van der Waals surface area contributed by atoms with Gasteiger partial charge in [-0.2, -0.15) is 5.10 Å². The molecule has 16 heavy (non-hydrogen) atoms. The number of morpholine rings is 1. The van der Waals surface area contributed by atoms with Crippen molar-refractivity contribution in [3.8, 4) is 11.5 Å². The minimum Gasteiger partial charge on any atom is -0.508 e. The number of aromatic hydroxyl groups is 2. The summed E-state index contributed by atoms with van der Waals surface area (Å²) < 4.78 is 5.19. The smallest absolute Gasteiger partial charge is 0.128 e. The van der Waals surface area contributed by atoms with Gasteiger partial charge in [0.25, 0.3) is 0 Å². The average Bonchev–Trinajstić information content (AvgIpc) is 2.29. The maximum absolute atomic E-state index is 9.53. The van der Waals surface area contributed by atoms with Crippen molar-refractivity contribution >= 4 is 6.21 Å². The fourth-order valence-electron chi connectivity index (χ4n) is 1.45. The molecule has 2 rings (SSSR count). The normalized spacial score (nSPS) is 16.9. The average molecular weight is 222 g/mol. The van der Waals surface area contributed by atoms with Crippen molar-refractivity contribution in [2.45, 2.75) is 0 Å². The molecule has 1 aliphatic heterocycles. The molecule has 86 valence electrons. The number of benzene rings is 1. The van der Waals surface area contributed by atoms with Crippen molar-refractivity contribution in [1.82, 2.24) is 5.01 Å². The Morgan fingerprint density at radius 2 is 2.00 bits per heavy atom. The van der Waals surface area contributed by atoms with E-state index in [1.165, 1.54) is 12.1 Å². The molecule has 0 spiro atoms. The summed E-state index contributed by atoms with van der Waals surface area (Å²) in [6.07, 6.45) is 1.58. The van der Waals surface area contributed by atoms with Gasteiger partial charge in [-0.3, -0.25) is 5.01 Å². The van der Waals surface area contributed by atoms with Crippen LogP contribution in [0, 0.1) is 0 Å². The van der Waals surface area contributed by atoms with E-state index in [-0.39, 0.29) is 11.5 Å². The van der Waals surface area contributed by atoms with E-state index >= 15 is 0 Å². The molecule has 1 aromatic rings. The van der Waals surface area contributed by atoms with E-state index in [1.807, 2.05) is 5.01 Å². The first kappa shape index (κ1) is 10.8. The monoisotopic (exact) mass is 222 g/mol. The van der Waals surface area contributed by atoms with Crippen LogP contribution in [0.1, 0.15) is 5.56 Å². The van der Waals surface area contributed by atoms with Crippen LogP contribution in [0.4, 0.5) is 0 Å². The molecular weight excluding hydrogens is 208 g/mol. The predicted octanol–water partition coefficient (Wildman–Crippen LogP) is 0.764. The molecule has 0 atom stereocenters. The standard InChI is InChI=1S/C11H14N2O3/c14-10-2-1-9(11(15)7-10)8-12-13-3-5-16-6-4-13/h1-2,7-8,14-15H,3-6H2. The molecule has 1 aromatic carbocycles. The van der Waals surface area contributed by atoms with Crippen LogP contribution in [-0.2, 0) is 4.74 Å². The van der Waals surface area contributed by atoms with Crippen LogP contribution in [0.15, 0.2) is 23.3 Å². The highest BCUT2D eigenvalue weighted by Crippen LogP contribution is 2.20. The largest absolute Gasteiger partial charge is 0.508 e. The van der Waals surface area contributed by atoms with E-state index in [2.05, 4.69) is 5.10 Å². The summed E-state index contributed by atoms with van der Waals surface area (Å²) in [5.74, 6) is 0.0676. The summed E-state index contributed by atoms with van der Waals surface area (Å²) in [6.45, 7) is 2.88. The molecule has 0 bridgehead atoms. The lowest BCUT2D eigenvalue weighted by Gasteiger charge is -2.23. The van der Waals surface area contributed by atoms with Crippen LogP contribution >= 0.6 is 0 Å². The molecule has 2 N–H and O–H groups in total. The summed E-state index contributed by atoms with van der Waals surface area (Å²) >= 11 is 0. The third kappa shape index (κ3) is 2.64. The topological polar surface area (TPSA) is 65.3 Å². The summed E-state index contributed by atoms with van der Waals surface area (Å²) in [6, 6.07) is 4.43. The van der Waals surface area contributed by atoms with E-state index in [0.29, 0.717) is 18.8 Å². The van der Waals surface area contributed by atoms with Crippen molar-refractivity contribution in [1.29, 1.82) is 0 Å². The van der Waals surface area contributed by atoms with Crippen LogP contribution in [0.25, 0.3) is 0 Å². The van der Waals surface area contributed by atoms with Gasteiger partial charge in [0, 0.05) is 11.6 Å². The molecule has 0 radical (unpaired) electrons. The number of hydrogen-bond donors (Lipinski definition) is 2. The predicted molar refractivity (Wildman–Crippen MR) is 59.8 cm³/mol. The zero-order valence-corrected chi connectivity index (χ0v) is 8.83. The van der Waals surface area contributed by atoms with Gasteiger partial charge in [-0.05, 0) is 12.1 Å². The maximum atomic E-state index is 9.53. The SMILES string of the molecule is Oc1ccc(C=NN2CCOCC2)c(O)c1. The summed E-state index contributed by atoms with van der Waals surface area (Å²) in [5, 5.41) is 24.8. The number of nitrogens with zero attached hydrogens (tertiary/aromatic N) is 2. The fraction of sp³-hybridized carbons (Fsp3) is 0.364. The second kappa shape index (κ2) is 4.85. The lowest BCUT2D eigenvalue weighted by molar-refractivity contribution is 0.0397. The Labute approximate surface area is 93.6 Å². The first-order valence-corrected chi connectivity index (χ1v) is 5.14. The molecule has 1 aliphatic rings. The fourth-order valence-corrected chi connectivity index (χ4v) is 1.45. The van der Waals surface area contributed by atoms with Crippen LogP contribution in [-0.4, -0.2) is 47.7 Å². The van der Waals surface area contributed by atoms with Gasteiger partial charge in [0.05, 0.1) is 32.5 Å². The second-order valence-electron chi connectivity index (χ2n) is 3.55. The minimum atomic E-state index is 0.0250. The highest BCUT2D eigenvalue weighted by Gasteiger charge is 2.06. The lowest BCUT2D eigenvalue weighted by Crippen LogP contribution is -2.32. The Balaban J connectivity index is 2.04. The Bertz CT molecular complexity index is 387. The molecule has 5 nitrogen and oxygen atoms in total. The summed E-state index contributed by atoms with van der Waals surface area (Å²) in [5.41, 5.74) is 0.587. The Morgan fingerprint density at radius 3 is 2.69 bits per heavy atom. The van der Waals surface area contributed by atoms with Gasteiger partial charge in [-0.15, -0.1) is 0 Å². The molecule has 1 saturated heterocycles. The van der Waals surface area contributed by atoms with E-state index in [0.717, 1.165) is 13.1 Å².